The van der Waals surface area contributed by atoms with Crippen LogP contribution in [-0.2, 0) is 19.3 Å². The van der Waals surface area contributed by atoms with Gasteiger partial charge in [0.25, 0.3) is 0 Å². The molecule has 8 N–H and O–H groups in total. The van der Waals surface area contributed by atoms with Gasteiger partial charge in [-0.05, 0) is 164 Å². The average molecular weight is 928 g/mol. The van der Waals surface area contributed by atoms with E-state index in [1.54, 1.807) is 13.2 Å². The number of methoxy groups -OCH3 is 1. The number of guanidine groups is 1. The van der Waals surface area contributed by atoms with E-state index < -0.39 is 24.4 Å². The van der Waals surface area contributed by atoms with Gasteiger partial charge in [-0.3, -0.25) is 4.99 Å². The van der Waals surface area contributed by atoms with E-state index in [4.69, 9.17) is 24.9 Å². The lowest BCUT2D eigenvalue weighted by Gasteiger charge is -2.46. The molecule has 13 unspecified atom stereocenters. The Morgan fingerprint density at radius 3 is 2.59 bits per heavy atom. The van der Waals surface area contributed by atoms with Gasteiger partial charge in [0.1, 0.15) is 29.5 Å². The molecule has 11 nitrogen and oxygen atoms in total. The Balaban J connectivity index is 1.10. The van der Waals surface area contributed by atoms with Gasteiger partial charge in [-0.2, -0.15) is 0 Å². The van der Waals surface area contributed by atoms with Crippen molar-refractivity contribution in [1.82, 2.24) is 5.32 Å². The van der Waals surface area contributed by atoms with E-state index >= 15 is 0 Å². The number of aliphatic hydroxyl groups excluding tert-OH is 3. The minimum Gasteiger partial charge on any atom is -0.508 e. The molecule has 364 valence electrons. The van der Waals surface area contributed by atoms with Crippen molar-refractivity contribution >= 4 is 5.96 Å². The number of fused-ring (bicyclic) bond motifs is 2. The van der Waals surface area contributed by atoms with Crippen LogP contribution in [0.3, 0.4) is 0 Å². The molecule has 2 saturated carbocycles. The van der Waals surface area contributed by atoms with Crippen LogP contribution in [0.1, 0.15) is 131 Å². The maximum atomic E-state index is 12.3. The van der Waals surface area contributed by atoms with Gasteiger partial charge >= 0.3 is 0 Å². The van der Waals surface area contributed by atoms with E-state index in [1.165, 1.54) is 0 Å². The van der Waals surface area contributed by atoms with Crippen molar-refractivity contribution in [3.8, 4) is 51.7 Å². The van der Waals surface area contributed by atoms with Crippen LogP contribution in [0, 0.1) is 58.7 Å². The highest BCUT2D eigenvalue weighted by atomic mass is 16.5. The summed E-state index contributed by atoms with van der Waals surface area (Å²) in [6.45, 7) is 7.59. The number of ether oxygens (including phenoxy) is 3. The highest BCUT2D eigenvalue weighted by Gasteiger charge is 2.53. The number of aromatic hydroxyl groups is 2. The fourth-order valence-electron chi connectivity index (χ4n) is 14.0. The summed E-state index contributed by atoms with van der Waals surface area (Å²) in [5.41, 5.74) is 13.2. The van der Waals surface area contributed by atoms with Gasteiger partial charge in [0.15, 0.2) is 17.5 Å². The second kappa shape index (κ2) is 19.1. The van der Waals surface area contributed by atoms with Gasteiger partial charge in [0.2, 0.25) is 0 Å². The van der Waals surface area contributed by atoms with Crippen LogP contribution in [0.5, 0.6) is 28.7 Å². The van der Waals surface area contributed by atoms with Gasteiger partial charge in [-0.15, -0.1) is 5.92 Å². The molecule has 10 aliphatic heterocycles. The zero-order valence-corrected chi connectivity index (χ0v) is 40.4. The summed E-state index contributed by atoms with van der Waals surface area (Å²) >= 11 is 0. The van der Waals surface area contributed by atoms with Crippen LogP contribution in [0.15, 0.2) is 53.5 Å². The molecule has 1 spiro atoms. The number of hydrogen-bond donors (Lipinski definition) is 7. The number of nitrogens with two attached hydrogens (primary N) is 1. The molecule has 14 aliphatic rings. The molecule has 13 bridgehead atoms. The number of nitrogens with zero attached hydrogens (tertiary/aromatic N) is 1. The Kier molecular flexibility index (Phi) is 13.2. The summed E-state index contributed by atoms with van der Waals surface area (Å²) in [6, 6.07) is 11.4. The minimum atomic E-state index is -0.908. The first-order valence-corrected chi connectivity index (χ1v) is 25.8. The molecular weight excluding hydrogens is 855 g/mol. The first kappa shape index (κ1) is 46.8. The Morgan fingerprint density at radius 2 is 1.78 bits per heavy atom. The molecule has 11 heteroatoms. The summed E-state index contributed by atoms with van der Waals surface area (Å²) in [6.07, 6.45) is 11.9. The van der Waals surface area contributed by atoms with Crippen molar-refractivity contribution in [2.24, 2.45) is 57.6 Å². The summed E-state index contributed by atoms with van der Waals surface area (Å²) in [5.74, 6) is 10.3. The van der Waals surface area contributed by atoms with Crippen LogP contribution in [-0.4, -0.2) is 76.1 Å². The lowest BCUT2D eigenvalue weighted by Crippen LogP contribution is -2.46. The minimum absolute atomic E-state index is 0.00597. The van der Waals surface area contributed by atoms with E-state index in [-0.39, 0.29) is 52.8 Å². The summed E-state index contributed by atoms with van der Waals surface area (Å²) in [5, 5.41) is 62.2. The Hall–Kier alpha value is -4.89. The van der Waals surface area contributed by atoms with Crippen LogP contribution < -0.4 is 25.3 Å². The standard InChI is InChI=1S/C57H73N3O8/c1-5-33-20-35-12-11-34(33)21-40(61)19-32-8-6-9-37-28-57(29-48(37)65)16-7-10-49(44(57)15-17-59-56(58)60-30-32)67-51-25-36(13-14-45(51)62)55-47(64)26-43-50(68-55)27-52(66-4)54-42-23-39(18-31(2)3)46(63)24-38(42)22-41(35)53(43)54/h11-14,23-25,27,31-35,37,40-41,44,47-49,55,61-65H,5,7-8,10,15-22,26,28-30H2,1-4H3,(H3,58,59,60). The summed E-state index contributed by atoms with van der Waals surface area (Å²) in [4.78, 5) is 4.79. The molecule has 17 rings (SSSR count). The molecule has 4 aliphatic carbocycles. The van der Waals surface area contributed by atoms with Crippen molar-refractivity contribution < 1.29 is 39.7 Å². The molecule has 68 heavy (non-hydrogen) atoms. The predicted molar refractivity (Wildman–Crippen MR) is 264 cm³/mol. The molecule has 2 fully saturated rings. The highest BCUT2D eigenvalue weighted by Crippen LogP contribution is 2.58. The third kappa shape index (κ3) is 8.95. The van der Waals surface area contributed by atoms with Gasteiger partial charge in [0, 0.05) is 55.0 Å². The molecule has 3 aromatic carbocycles. The highest BCUT2D eigenvalue weighted by molar-refractivity contribution is 5.84. The number of aliphatic hydroxyl groups is 3. The first-order valence-electron chi connectivity index (χ1n) is 25.8. The molecule has 0 amide bonds. The Bertz CT molecular complexity index is 2490. The Morgan fingerprint density at radius 1 is 0.941 bits per heavy atom. The fourth-order valence-corrected chi connectivity index (χ4v) is 14.0. The normalized spacial score (nSPS) is 34.1. The van der Waals surface area contributed by atoms with Gasteiger partial charge in [-0.25, -0.2) is 0 Å². The fraction of sp³-hybridized carbons (Fsp3) is 0.596. The number of rotatable bonds is 4. The third-order valence-corrected chi connectivity index (χ3v) is 17.3. The first-order chi connectivity index (χ1) is 32.8. The third-order valence-electron chi connectivity index (χ3n) is 17.3. The molecule has 0 aromatic heterocycles. The number of hydrogen-bond acceptors (Lipinski definition) is 11. The van der Waals surface area contributed by atoms with Crippen LogP contribution in [0.2, 0.25) is 0 Å². The molecular formula is C57H73N3O8. The molecule has 0 saturated heterocycles. The smallest absolute Gasteiger partial charge is 0.188 e. The molecule has 0 radical (unpaired) electrons. The van der Waals surface area contributed by atoms with E-state index in [0.29, 0.717) is 98.0 Å². The molecule has 10 heterocycles. The number of nitrogens with one attached hydrogen (secondary N) is 1. The van der Waals surface area contributed by atoms with Crippen molar-refractivity contribution in [2.45, 2.75) is 147 Å². The zero-order valence-electron chi connectivity index (χ0n) is 40.4. The van der Waals surface area contributed by atoms with E-state index in [0.717, 1.165) is 84.7 Å². The van der Waals surface area contributed by atoms with Crippen molar-refractivity contribution in [1.29, 1.82) is 0 Å². The SMILES string of the molecule is CCC1CC2C=CC1CC(O)CC1CC#CC3CC4(CCCC(Oc5cc(ccc5O)C5Oc6cc(OC)c7c(c6CC5O)C2Cc2cc(O)c(CC(C)C)cc2-7)C4CCNC(N)=NC1)CC3O. The van der Waals surface area contributed by atoms with Gasteiger partial charge in [0.05, 0.1) is 25.4 Å². The van der Waals surface area contributed by atoms with Crippen molar-refractivity contribution in [3.63, 3.8) is 0 Å². The summed E-state index contributed by atoms with van der Waals surface area (Å²) in [7, 11) is 1.71. The lowest BCUT2D eigenvalue weighted by atomic mass is 9.62. The van der Waals surface area contributed by atoms with Crippen molar-refractivity contribution in [3.05, 3.63) is 76.4 Å². The number of aliphatic imine (C=N–C) groups is 1. The monoisotopic (exact) mass is 928 g/mol. The average Bonchev–Trinajstić information content (AvgIpc) is 3.62. The largest absolute Gasteiger partial charge is 0.508 e. The second-order valence-electron chi connectivity index (χ2n) is 22.1. The van der Waals surface area contributed by atoms with E-state index in [2.05, 4.69) is 56.1 Å². The Labute approximate surface area is 402 Å². The number of phenols is 2. The van der Waals surface area contributed by atoms with Crippen LogP contribution >= 0.6 is 0 Å². The lowest BCUT2D eigenvalue weighted by molar-refractivity contribution is -0.0220. The molecule has 13 atom stereocenters. The maximum absolute atomic E-state index is 12.3. The van der Waals surface area contributed by atoms with Crippen LogP contribution in [0.4, 0.5) is 0 Å². The predicted octanol–water partition coefficient (Wildman–Crippen LogP) is 8.64. The van der Waals surface area contributed by atoms with Gasteiger partial charge < -0.3 is 50.8 Å². The number of benzene rings is 3. The number of allylic oxidation sites excluding steroid dienone is 2. The van der Waals surface area contributed by atoms with E-state index in [1.807, 2.05) is 24.3 Å². The number of phenolic OH excluding ortho intramolecular Hbond substituents is 2. The zero-order chi connectivity index (χ0) is 47.4. The topological polar surface area (TPSA) is 179 Å². The summed E-state index contributed by atoms with van der Waals surface area (Å²) < 4.78 is 20.2. The molecule has 3 aromatic rings. The van der Waals surface area contributed by atoms with Crippen molar-refractivity contribution in [2.75, 3.05) is 20.2 Å². The van der Waals surface area contributed by atoms with E-state index in [9.17, 15) is 25.5 Å². The quantitative estimate of drug-likeness (QED) is 0.0990. The van der Waals surface area contributed by atoms with Crippen LogP contribution in [0.25, 0.3) is 11.1 Å². The second-order valence-corrected chi connectivity index (χ2v) is 22.1. The maximum Gasteiger partial charge on any atom is 0.188 e. The van der Waals surface area contributed by atoms with Gasteiger partial charge in [-0.1, -0.05) is 51.3 Å².